The molecule has 0 unspecified atom stereocenters. The number of amides is 1. The maximum absolute atomic E-state index is 8.58. The molecule has 2 aliphatic rings. The zero-order valence-corrected chi connectivity index (χ0v) is 17.1. The van der Waals surface area contributed by atoms with Crippen LogP contribution < -0.4 is 5.73 Å². The number of nitrogens with zero attached hydrogens (tertiary/aromatic N) is 2. The fourth-order valence-electron chi connectivity index (χ4n) is 4.07. The van der Waals surface area contributed by atoms with Gasteiger partial charge in [-0.25, -0.2) is 0 Å². The number of rotatable bonds is 7. The van der Waals surface area contributed by atoms with Crippen LogP contribution in [-0.4, -0.2) is 54.6 Å². The molecule has 0 radical (unpaired) electrons. The van der Waals surface area contributed by atoms with Gasteiger partial charge in [0, 0.05) is 38.4 Å². The lowest BCUT2D eigenvalue weighted by Crippen LogP contribution is -2.55. The van der Waals surface area contributed by atoms with E-state index in [-0.39, 0.29) is 6.41 Å². The van der Waals surface area contributed by atoms with E-state index >= 15 is 0 Å². The maximum atomic E-state index is 8.58. The van der Waals surface area contributed by atoms with Gasteiger partial charge in [-0.05, 0) is 37.2 Å². The summed E-state index contributed by atoms with van der Waals surface area (Å²) in [5, 5.41) is 7.61. The molecule has 0 aromatic heterocycles. The maximum Gasteiger partial charge on any atom is 0.204 e. The van der Waals surface area contributed by atoms with Gasteiger partial charge < -0.3 is 16.0 Å². The predicted molar refractivity (Wildman–Crippen MR) is 110 cm³/mol. The van der Waals surface area contributed by atoms with Crippen LogP contribution in [0.3, 0.4) is 0 Å². The van der Waals surface area contributed by atoms with Crippen molar-refractivity contribution in [1.29, 1.82) is 5.41 Å². The Morgan fingerprint density at radius 1 is 1.19 bits per heavy atom. The first kappa shape index (κ1) is 22.4. The van der Waals surface area contributed by atoms with Gasteiger partial charge in [0.05, 0.1) is 5.70 Å². The summed E-state index contributed by atoms with van der Waals surface area (Å²) < 4.78 is 0. The van der Waals surface area contributed by atoms with Gasteiger partial charge >= 0.3 is 0 Å². The van der Waals surface area contributed by atoms with Gasteiger partial charge in [0.15, 0.2) is 0 Å². The molecule has 2 rings (SSSR count). The number of carbonyl (C=O) groups excluding carboxylic acids is 1. The van der Waals surface area contributed by atoms with E-state index in [9.17, 15) is 0 Å². The monoisotopic (exact) mass is 362 g/mol. The van der Waals surface area contributed by atoms with E-state index in [4.69, 9.17) is 10.2 Å². The Bertz CT molecular complexity index is 482. The zero-order valence-electron chi connectivity index (χ0n) is 17.1. The summed E-state index contributed by atoms with van der Waals surface area (Å²) in [7, 11) is 0. The number of primary amides is 1. The van der Waals surface area contributed by atoms with E-state index in [0.717, 1.165) is 43.8 Å². The van der Waals surface area contributed by atoms with Gasteiger partial charge in [-0.3, -0.25) is 9.69 Å². The topological polar surface area (TPSA) is 73.4 Å². The average molecular weight is 363 g/mol. The van der Waals surface area contributed by atoms with Crippen molar-refractivity contribution < 1.29 is 4.79 Å². The third-order valence-electron chi connectivity index (χ3n) is 6.52. The number of carbonyl (C=O) groups is 1. The third kappa shape index (κ3) is 5.70. The lowest BCUT2D eigenvalue weighted by atomic mass is 9.61. The molecule has 0 atom stereocenters. The summed E-state index contributed by atoms with van der Waals surface area (Å²) in [5.74, 6) is 0.923. The smallest absolute Gasteiger partial charge is 0.204 e. The minimum atomic E-state index is 0.250. The largest absolute Gasteiger partial charge is 0.372 e. The Kier molecular flexibility index (Phi) is 9.63. The van der Waals surface area contributed by atoms with Crippen molar-refractivity contribution in [2.45, 2.75) is 59.4 Å². The van der Waals surface area contributed by atoms with E-state index in [1.165, 1.54) is 31.9 Å². The molecule has 1 heterocycles. The quantitative estimate of drug-likeness (QED) is 0.414. The Morgan fingerprint density at radius 3 is 2.15 bits per heavy atom. The molecule has 3 N–H and O–H groups in total. The number of allylic oxidation sites excluding steroid dienone is 4. The Balaban J connectivity index is 0.00000105. The number of nitrogens with one attached hydrogen (secondary N) is 1. The molecule has 0 bridgehead atoms. The summed E-state index contributed by atoms with van der Waals surface area (Å²) in [6.07, 6.45) is 13.2. The van der Waals surface area contributed by atoms with Crippen molar-refractivity contribution >= 4 is 12.6 Å². The van der Waals surface area contributed by atoms with Gasteiger partial charge in [-0.2, -0.15) is 0 Å². The lowest BCUT2D eigenvalue weighted by molar-refractivity contribution is -0.106. The van der Waals surface area contributed by atoms with Crippen LogP contribution in [0.4, 0.5) is 0 Å². The van der Waals surface area contributed by atoms with Crippen molar-refractivity contribution in [1.82, 2.24) is 9.80 Å². The normalized spacial score (nSPS) is 24.6. The molecule has 0 aromatic carbocycles. The number of hydrogen-bond acceptors (Lipinski definition) is 4. The van der Waals surface area contributed by atoms with Crippen LogP contribution >= 0.6 is 0 Å². The van der Waals surface area contributed by atoms with Gasteiger partial charge in [0.25, 0.3) is 0 Å². The molecule has 0 spiro atoms. The number of hydrogen-bond donors (Lipinski definition) is 2. The molecule has 5 nitrogen and oxygen atoms in total. The van der Waals surface area contributed by atoms with Crippen molar-refractivity contribution in [3.8, 4) is 0 Å². The second kappa shape index (κ2) is 11.2. The summed E-state index contributed by atoms with van der Waals surface area (Å²) in [6, 6.07) is 0.808. The van der Waals surface area contributed by atoms with E-state index in [0.29, 0.717) is 5.41 Å². The first-order valence-corrected chi connectivity index (χ1v) is 9.97. The third-order valence-corrected chi connectivity index (χ3v) is 6.52. The van der Waals surface area contributed by atoms with E-state index in [1.807, 2.05) is 19.1 Å². The van der Waals surface area contributed by atoms with Gasteiger partial charge in [0.1, 0.15) is 0 Å². The minimum absolute atomic E-state index is 0.250. The fraction of sp³-hybridized carbons (Fsp3) is 0.714. The van der Waals surface area contributed by atoms with E-state index in [1.54, 1.807) is 0 Å². The molecule has 1 aliphatic carbocycles. The van der Waals surface area contributed by atoms with Crippen molar-refractivity contribution in [3.05, 3.63) is 23.9 Å². The molecule has 5 heteroatoms. The Morgan fingerprint density at radius 2 is 1.73 bits per heavy atom. The molecule has 26 heavy (non-hydrogen) atoms. The Labute approximate surface area is 159 Å². The molecule has 1 aliphatic heterocycles. The van der Waals surface area contributed by atoms with Crippen LogP contribution in [0.2, 0.25) is 0 Å². The van der Waals surface area contributed by atoms with Crippen molar-refractivity contribution in [2.24, 2.45) is 17.1 Å². The van der Waals surface area contributed by atoms with Gasteiger partial charge in [0.2, 0.25) is 6.41 Å². The molecule has 2 fully saturated rings. The molecule has 148 valence electrons. The van der Waals surface area contributed by atoms with Crippen LogP contribution in [0.15, 0.2) is 23.9 Å². The molecular weight excluding hydrogens is 324 g/mol. The summed E-state index contributed by atoms with van der Waals surface area (Å²) >= 11 is 0. The van der Waals surface area contributed by atoms with Gasteiger partial charge in [-0.1, -0.05) is 45.8 Å². The van der Waals surface area contributed by atoms with Crippen molar-refractivity contribution in [2.75, 3.05) is 26.2 Å². The van der Waals surface area contributed by atoms with Crippen molar-refractivity contribution in [3.63, 3.8) is 0 Å². The van der Waals surface area contributed by atoms with E-state index in [2.05, 4.69) is 42.4 Å². The van der Waals surface area contributed by atoms with Crippen LogP contribution in [0.1, 0.15) is 53.4 Å². The number of piperazine rings is 1. The first-order chi connectivity index (χ1) is 12.5. The summed E-state index contributed by atoms with van der Waals surface area (Å²) in [5.41, 5.74) is 5.76. The predicted octanol–water partition coefficient (Wildman–Crippen LogP) is 3.42. The molecule has 1 saturated heterocycles. The molecular formula is C21H38N4O. The second-order valence-electron chi connectivity index (χ2n) is 7.60. The average Bonchev–Trinajstić information content (AvgIpc) is 2.62. The molecule has 0 aromatic rings. The highest BCUT2D eigenvalue weighted by atomic mass is 16.1. The first-order valence-electron chi connectivity index (χ1n) is 9.97. The van der Waals surface area contributed by atoms with Crippen LogP contribution in [0, 0.1) is 16.7 Å². The molecule has 1 saturated carbocycles. The summed E-state index contributed by atoms with van der Waals surface area (Å²) in [4.78, 5) is 13.6. The highest BCUT2D eigenvalue weighted by molar-refractivity contribution is 5.75. The fourth-order valence-corrected chi connectivity index (χ4v) is 4.07. The highest BCUT2D eigenvalue weighted by Gasteiger charge is 2.43. The zero-order chi connectivity index (χ0) is 19.6. The van der Waals surface area contributed by atoms with Crippen LogP contribution in [0.25, 0.3) is 0 Å². The van der Waals surface area contributed by atoms with E-state index < -0.39 is 0 Å². The van der Waals surface area contributed by atoms with Crippen LogP contribution in [-0.2, 0) is 4.79 Å². The standard InChI is InChI=1S/C20H35N3.CH3NO/c1-5-8-9-18(16-21)22-10-12-23(13-11-22)19-14-17(15-19)20(4,6-2)7-3;2-1-3/h5,8-9,16-17,19,21H,6-7,10-15H2,1-4H3;1H,(H2,2,3)/b8-5+,18-9+,21-16?;. The summed E-state index contributed by atoms with van der Waals surface area (Å²) in [6.45, 7) is 13.6. The second-order valence-corrected chi connectivity index (χ2v) is 7.60. The Hall–Kier alpha value is -1.62. The number of nitrogens with two attached hydrogens (primary N) is 1. The SMILES string of the molecule is C/C=C/C=C(\C=N)N1CCN(C2CC(C(C)(CC)CC)C2)CC1.NC=O. The highest BCUT2D eigenvalue weighted by Crippen LogP contribution is 2.48. The van der Waals surface area contributed by atoms with Crippen LogP contribution in [0.5, 0.6) is 0 Å². The lowest BCUT2D eigenvalue weighted by Gasteiger charge is -2.52. The molecule has 1 amide bonds. The minimum Gasteiger partial charge on any atom is -0.372 e. The van der Waals surface area contributed by atoms with Gasteiger partial charge in [-0.15, -0.1) is 0 Å².